The molecule has 0 aromatic heterocycles. The van der Waals surface area contributed by atoms with Gasteiger partial charge in [-0.15, -0.1) is 0 Å². The Morgan fingerprint density at radius 3 is 2.68 bits per heavy atom. The number of rotatable bonds is 4. The molecule has 0 aliphatic carbocycles. The Labute approximate surface area is 130 Å². The molecule has 2 aromatic carbocycles. The van der Waals surface area contributed by atoms with Crippen molar-refractivity contribution in [2.75, 3.05) is 12.4 Å². The van der Waals surface area contributed by atoms with E-state index in [9.17, 15) is 20.0 Å². The molecule has 0 saturated carbocycles. The van der Waals surface area contributed by atoms with Gasteiger partial charge in [-0.2, -0.15) is 0 Å². The molecular weight excluding hydrogens is 312 g/mol. The summed E-state index contributed by atoms with van der Waals surface area (Å²) in [5, 5.41) is 23.2. The van der Waals surface area contributed by atoms with Crippen LogP contribution in [0.25, 0.3) is 0 Å². The molecule has 22 heavy (non-hydrogen) atoms. The van der Waals surface area contributed by atoms with Gasteiger partial charge >= 0.3 is 0 Å². The number of phenolic OH excluding ortho intramolecular Hbond substituents is 1. The highest BCUT2D eigenvalue weighted by Crippen LogP contribution is 2.30. The lowest BCUT2D eigenvalue weighted by Crippen LogP contribution is -2.13. The fourth-order valence-electron chi connectivity index (χ4n) is 1.79. The number of methoxy groups -OCH3 is 1. The number of non-ortho nitro benzene ring substituents is 1. The van der Waals surface area contributed by atoms with Gasteiger partial charge in [0.2, 0.25) is 0 Å². The highest BCUT2D eigenvalue weighted by atomic mass is 35.5. The van der Waals surface area contributed by atoms with E-state index in [4.69, 9.17) is 16.3 Å². The van der Waals surface area contributed by atoms with E-state index in [-0.39, 0.29) is 28.4 Å². The molecule has 0 fully saturated rings. The number of ether oxygens (including phenoxy) is 1. The molecule has 114 valence electrons. The molecule has 0 saturated heterocycles. The van der Waals surface area contributed by atoms with Crippen LogP contribution in [0.15, 0.2) is 36.4 Å². The lowest BCUT2D eigenvalue weighted by Gasteiger charge is -2.10. The Bertz CT molecular complexity index is 748. The predicted molar refractivity (Wildman–Crippen MR) is 80.7 cm³/mol. The van der Waals surface area contributed by atoms with Gasteiger partial charge in [-0.3, -0.25) is 14.9 Å². The molecule has 2 N–H and O–H groups in total. The summed E-state index contributed by atoms with van der Waals surface area (Å²) < 4.78 is 5.06. The Morgan fingerprint density at radius 1 is 1.32 bits per heavy atom. The smallest absolute Gasteiger partial charge is 0.271 e. The number of halogens is 1. The van der Waals surface area contributed by atoms with Crippen molar-refractivity contribution in [2.24, 2.45) is 0 Å². The fourth-order valence-corrected chi connectivity index (χ4v) is 1.96. The van der Waals surface area contributed by atoms with Crippen molar-refractivity contribution in [3.05, 3.63) is 57.1 Å². The average Bonchev–Trinajstić information content (AvgIpc) is 2.49. The number of anilines is 1. The Hall–Kier alpha value is -2.80. The number of amides is 1. The predicted octanol–water partition coefficient (Wildman–Crippen LogP) is 3.21. The first-order valence-corrected chi connectivity index (χ1v) is 6.42. The van der Waals surface area contributed by atoms with Gasteiger partial charge in [0, 0.05) is 17.2 Å². The molecule has 0 spiro atoms. The SMILES string of the molecule is COc1ccc(Cl)cc1C(=O)Nc1cc([N+](=O)[O-])ccc1O. The second kappa shape index (κ2) is 6.31. The van der Waals surface area contributed by atoms with Gasteiger partial charge in [0.25, 0.3) is 11.6 Å². The summed E-state index contributed by atoms with van der Waals surface area (Å²) in [5.41, 5.74) is -0.201. The summed E-state index contributed by atoms with van der Waals surface area (Å²) in [6, 6.07) is 7.79. The Balaban J connectivity index is 2.35. The first-order valence-electron chi connectivity index (χ1n) is 6.04. The normalized spacial score (nSPS) is 10.1. The highest BCUT2D eigenvalue weighted by molar-refractivity contribution is 6.31. The summed E-state index contributed by atoms with van der Waals surface area (Å²) in [5.74, 6) is -0.623. The summed E-state index contributed by atoms with van der Waals surface area (Å²) in [6.45, 7) is 0. The second-order valence-corrected chi connectivity index (χ2v) is 4.69. The van der Waals surface area contributed by atoms with E-state index < -0.39 is 10.8 Å². The van der Waals surface area contributed by atoms with Crippen molar-refractivity contribution in [2.45, 2.75) is 0 Å². The van der Waals surface area contributed by atoms with Crippen LogP contribution >= 0.6 is 11.6 Å². The number of hydrogen-bond acceptors (Lipinski definition) is 5. The van der Waals surface area contributed by atoms with E-state index >= 15 is 0 Å². The van der Waals surface area contributed by atoms with Gasteiger partial charge in [-0.25, -0.2) is 0 Å². The molecule has 1 amide bonds. The van der Waals surface area contributed by atoms with Crippen LogP contribution in [0.1, 0.15) is 10.4 Å². The Morgan fingerprint density at radius 2 is 2.05 bits per heavy atom. The number of nitro benzene ring substituents is 1. The van der Waals surface area contributed by atoms with Gasteiger partial charge in [0.1, 0.15) is 11.5 Å². The van der Waals surface area contributed by atoms with Gasteiger partial charge in [0.05, 0.1) is 23.3 Å². The highest BCUT2D eigenvalue weighted by Gasteiger charge is 2.17. The van der Waals surface area contributed by atoms with E-state index in [1.54, 1.807) is 6.07 Å². The zero-order chi connectivity index (χ0) is 16.3. The number of benzene rings is 2. The van der Waals surface area contributed by atoms with Crippen molar-refractivity contribution in [3.8, 4) is 11.5 Å². The molecule has 0 unspecified atom stereocenters. The first-order chi connectivity index (χ1) is 10.4. The van der Waals surface area contributed by atoms with E-state index in [0.29, 0.717) is 5.02 Å². The summed E-state index contributed by atoms with van der Waals surface area (Å²) in [4.78, 5) is 22.4. The third-order valence-electron chi connectivity index (χ3n) is 2.85. The molecule has 2 aromatic rings. The maximum Gasteiger partial charge on any atom is 0.271 e. The van der Waals surface area contributed by atoms with Crippen LogP contribution in [0.4, 0.5) is 11.4 Å². The van der Waals surface area contributed by atoms with Crippen LogP contribution in [0, 0.1) is 10.1 Å². The van der Waals surface area contributed by atoms with Gasteiger partial charge in [-0.05, 0) is 24.3 Å². The van der Waals surface area contributed by atoms with Gasteiger partial charge in [-0.1, -0.05) is 11.6 Å². The second-order valence-electron chi connectivity index (χ2n) is 4.26. The molecular formula is C14H11ClN2O5. The fraction of sp³-hybridized carbons (Fsp3) is 0.0714. The third-order valence-corrected chi connectivity index (χ3v) is 3.08. The van der Waals surface area contributed by atoms with Gasteiger partial charge < -0.3 is 15.2 Å². The monoisotopic (exact) mass is 322 g/mol. The van der Waals surface area contributed by atoms with E-state index in [0.717, 1.165) is 18.2 Å². The quantitative estimate of drug-likeness (QED) is 0.511. The van der Waals surface area contributed by atoms with Crippen molar-refractivity contribution in [3.63, 3.8) is 0 Å². The van der Waals surface area contributed by atoms with Crippen LogP contribution in [0.2, 0.25) is 5.02 Å². The molecule has 0 aliphatic rings. The topological polar surface area (TPSA) is 102 Å². The van der Waals surface area contributed by atoms with Crippen molar-refractivity contribution in [1.82, 2.24) is 0 Å². The number of nitrogens with one attached hydrogen (secondary N) is 1. The van der Waals surface area contributed by atoms with Crippen LogP contribution in [0.3, 0.4) is 0 Å². The maximum atomic E-state index is 12.2. The number of aromatic hydroxyl groups is 1. The number of nitrogens with zero attached hydrogens (tertiary/aromatic N) is 1. The van der Waals surface area contributed by atoms with Crippen LogP contribution in [-0.4, -0.2) is 23.0 Å². The molecule has 0 aliphatic heterocycles. The minimum absolute atomic E-state index is 0.0822. The number of hydrogen-bond donors (Lipinski definition) is 2. The molecule has 2 rings (SSSR count). The molecule has 7 nitrogen and oxygen atoms in total. The number of carbonyl (C=O) groups is 1. The molecule has 8 heteroatoms. The van der Waals surface area contributed by atoms with Crippen molar-refractivity contribution < 1.29 is 19.6 Å². The number of phenols is 1. The van der Waals surface area contributed by atoms with E-state index in [1.165, 1.54) is 19.2 Å². The number of carbonyl (C=O) groups excluding carboxylic acids is 1. The average molecular weight is 323 g/mol. The van der Waals surface area contributed by atoms with Crippen molar-refractivity contribution >= 4 is 28.9 Å². The lowest BCUT2D eigenvalue weighted by atomic mass is 10.1. The molecule has 0 radical (unpaired) electrons. The first kappa shape index (κ1) is 15.6. The van der Waals surface area contributed by atoms with Crippen molar-refractivity contribution in [1.29, 1.82) is 0 Å². The maximum absolute atomic E-state index is 12.2. The van der Waals surface area contributed by atoms with Crippen LogP contribution < -0.4 is 10.1 Å². The van der Waals surface area contributed by atoms with E-state index in [1.807, 2.05) is 0 Å². The van der Waals surface area contributed by atoms with Crippen LogP contribution in [-0.2, 0) is 0 Å². The van der Waals surface area contributed by atoms with Gasteiger partial charge in [0.15, 0.2) is 0 Å². The van der Waals surface area contributed by atoms with E-state index in [2.05, 4.69) is 5.32 Å². The van der Waals surface area contributed by atoms with Crippen LogP contribution in [0.5, 0.6) is 11.5 Å². The minimum Gasteiger partial charge on any atom is -0.506 e. The summed E-state index contributed by atoms with van der Waals surface area (Å²) >= 11 is 5.84. The summed E-state index contributed by atoms with van der Waals surface area (Å²) in [7, 11) is 1.39. The molecule has 0 atom stereocenters. The lowest BCUT2D eigenvalue weighted by molar-refractivity contribution is -0.384. The minimum atomic E-state index is -0.630. The Kier molecular flexibility index (Phi) is 4.47. The molecule has 0 heterocycles. The largest absolute Gasteiger partial charge is 0.506 e. The zero-order valence-electron chi connectivity index (χ0n) is 11.4. The zero-order valence-corrected chi connectivity index (χ0v) is 12.1. The number of nitro groups is 1. The summed E-state index contributed by atoms with van der Waals surface area (Å²) in [6.07, 6.45) is 0. The molecule has 0 bridgehead atoms. The standard InChI is InChI=1S/C14H11ClN2O5/c1-22-13-5-2-8(15)6-10(13)14(19)16-11-7-9(17(20)21)3-4-12(11)18/h2-7,18H,1H3,(H,16,19). The third kappa shape index (κ3) is 3.26.